The van der Waals surface area contributed by atoms with Crippen LogP contribution in [0.5, 0.6) is 11.5 Å². The molecule has 0 heterocycles. The summed E-state index contributed by atoms with van der Waals surface area (Å²) in [6.45, 7) is 11.3. The molecule has 11 heteroatoms. The summed E-state index contributed by atoms with van der Waals surface area (Å²) in [5, 5.41) is 9.59. The van der Waals surface area contributed by atoms with Crippen molar-refractivity contribution in [1.29, 1.82) is 0 Å². The van der Waals surface area contributed by atoms with Gasteiger partial charge in [0.15, 0.2) is 11.5 Å². The van der Waals surface area contributed by atoms with Crippen molar-refractivity contribution in [2.45, 2.75) is 85.3 Å². The number of esters is 1. The highest BCUT2D eigenvalue weighted by atomic mass is 16.7. The van der Waals surface area contributed by atoms with Crippen LogP contribution < -0.4 is 15.2 Å². The van der Waals surface area contributed by atoms with Crippen LogP contribution in [0.2, 0.25) is 0 Å². The lowest BCUT2D eigenvalue weighted by Gasteiger charge is -2.25. The zero-order valence-electron chi connectivity index (χ0n) is 23.1. The number of hydrogen-bond donors (Lipinski definition) is 2. The van der Waals surface area contributed by atoms with E-state index in [1.165, 1.54) is 18.2 Å². The van der Waals surface area contributed by atoms with Crippen LogP contribution in [-0.4, -0.2) is 54.7 Å². The maximum Gasteiger partial charge on any atom is 0.513 e. The highest BCUT2D eigenvalue weighted by Crippen LogP contribution is 2.35. The van der Waals surface area contributed by atoms with E-state index in [1.54, 1.807) is 13.8 Å². The number of carboxylic acids is 1. The summed E-state index contributed by atoms with van der Waals surface area (Å²) in [6, 6.07) is 2.83. The molecule has 4 unspecified atom stereocenters. The predicted octanol–water partition coefficient (Wildman–Crippen LogP) is 5.04. The minimum Gasteiger partial charge on any atom is -0.480 e. The summed E-state index contributed by atoms with van der Waals surface area (Å²) in [7, 11) is 0. The molecule has 0 fully saturated rings. The van der Waals surface area contributed by atoms with Crippen LogP contribution in [0.15, 0.2) is 18.2 Å². The minimum absolute atomic E-state index is 0.0776. The molecule has 0 saturated carbocycles. The summed E-state index contributed by atoms with van der Waals surface area (Å²) in [4.78, 5) is 48.1. The van der Waals surface area contributed by atoms with E-state index in [4.69, 9.17) is 29.4 Å². The molecule has 0 radical (unpaired) electrons. The fourth-order valence-corrected chi connectivity index (χ4v) is 3.19. The SMILES string of the molecule is CCC(=O)OC(C)CC(c1ccc(OC(=O)OCC(C)CC)c(OC(=O)OCC(C)CC)c1)[C@H](N)C(=O)O. The molecule has 1 aromatic rings. The van der Waals surface area contributed by atoms with Gasteiger partial charge in [0.1, 0.15) is 6.04 Å². The number of nitrogens with two attached hydrogens (primary N) is 1. The van der Waals surface area contributed by atoms with E-state index in [9.17, 15) is 24.3 Å². The van der Waals surface area contributed by atoms with Crippen molar-refractivity contribution in [3.05, 3.63) is 23.8 Å². The third-order valence-electron chi connectivity index (χ3n) is 6.07. The maximum absolute atomic E-state index is 12.4. The Morgan fingerprint density at radius 1 is 0.868 bits per heavy atom. The molecular formula is C27H41NO10. The van der Waals surface area contributed by atoms with Crippen LogP contribution >= 0.6 is 0 Å². The number of benzene rings is 1. The first-order valence-electron chi connectivity index (χ1n) is 12.9. The monoisotopic (exact) mass is 539 g/mol. The summed E-state index contributed by atoms with van der Waals surface area (Å²) in [5.41, 5.74) is 6.34. The predicted molar refractivity (Wildman–Crippen MR) is 138 cm³/mol. The van der Waals surface area contributed by atoms with Crippen molar-refractivity contribution >= 4 is 24.2 Å². The standard InChI is InChI=1S/C27H41NO10/c1-7-16(4)14-34-26(32)37-21-11-10-19(13-22(21)38-27(33)35-15-17(5)8-2)20(24(28)25(30)31)12-18(6)36-23(29)9-3/h10-11,13,16-18,20,24H,7-9,12,14-15,28H2,1-6H3,(H,30,31)/t16?,17?,18?,20?,24-/m0/s1. The van der Waals surface area contributed by atoms with Crippen LogP contribution in [0.3, 0.4) is 0 Å². The summed E-state index contributed by atoms with van der Waals surface area (Å²) in [6.07, 6.45) is -0.831. The normalized spacial score (nSPS) is 14.8. The van der Waals surface area contributed by atoms with E-state index in [-0.39, 0.29) is 49.4 Å². The Balaban J connectivity index is 3.30. The van der Waals surface area contributed by atoms with Gasteiger partial charge in [0, 0.05) is 12.3 Å². The minimum atomic E-state index is -1.37. The van der Waals surface area contributed by atoms with Crippen molar-refractivity contribution in [2.24, 2.45) is 17.6 Å². The second kappa shape index (κ2) is 16.5. The first-order valence-corrected chi connectivity index (χ1v) is 12.9. The maximum atomic E-state index is 12.4. The Kier molecular flexibility index (Phi) is 14.2. The molecule has 5 atom stereocenters. The van der Waals surface area contributed by atoms with Gasteiger partial charge in [-0.05, 0) is 42.9 Å². The zero-order valence-corrected chi connectivity index (χ0v) is 23.1. The largest absolute Gasteiger partial charge is 0.513 e. The topological polar surface area (TPSA) is 161 Å². The van der Waals surface area contributed by atoms with Gasteiger partial charge in [-0.3, -0.25) is 9.59 Å². The lowest BCUT2D eigenvalue weighted by molar-refractivity contribution is -0.148. The van der Waals surface area contributed by atoms with Crippen molar-refractivity contribution in [3.8, 4) is 11.5 Å². The molecule has 0 aromatic heterocycles. The van der Waals surface area contributed by atoms with Gasteiger partial charge in [-0.25, -0.2) is 9.59 Å². The van der Waals surface area contributed by atoms with Crippen molar-refractivity contribution in [1.82, 2.24) is 0 Å². The number of carboxylic acid groups (broad SMARTS) is 1. The molecule has 0 aliphatic rings. The van der Waals surface area contributed by atoms with E-state index in [1.807, 2.05) is 27.7 Å². The van der Waals surface area contributed by atoms with Crippen LogP contribution in [-0.2, 0) is 23.8 Å². The summed E-state index contributed by atoms with van der Waals surface area (Å²) >= 11 is 0. The van der Waals surface area contributed by atoms with Crippen molar-refractivity contribution < 1.29 is 48.0 Å². The van der Waals surface area contributed by atoms with Crippen LogP contribution in [0, 0.1) is 11.8 Å². The quantitative estimate of drug-likeness (QED) is 0.174. The molecule has 3 N–H and O–H groups in total. The second-order valence-corrected chi connectivity index (χ2v) is 9.42. The van der Waals surface area contributed by atoms with E-state index >= 15 is 0 Å². The van der Waals surface area contributed by atoms with Gasteiger partial charge in [0.25, 0.3) is 0 Å². The van der Waals surface area contributed by atoms with Gasteiger partial charge in [-0.15, -0.1) is 0 Å². The molecule has 0 saturated heterocycles. The van der Waals surface area contributed by atoms with Gasteiger partial charge in [-0.1, -0.05) is 53.5 Å². The molecule has 214 valence electrons. The van der Waals surface area contributed by atoms with E-state index in [2.05, 4.69) is 0 Å². The average Bonchev–Trinajstić information content (AvgIpc) is 2.89. The number of rotatable bonds is 15. The number of ether oxygens (including phenoxy) is 5. The first-order chi connectivity index (χ1) is 17.9. The second-order valence-electron chi connectivity index (χ2n) is 9.42. The summed E-state index contributed by atoms with van der Waals surface area (Å²) < 4.78 is 26.2. The van der Waals surface area contributed by atoms with Crippen LogP contribution in [0.1, 0.15) is 78.7 Å². The van der Waals surface area contributed by atoms with Gasteiger partial charge >= 0.3 is 24.2 Å². The molecule has 0 aliphatic heterocycles. The lowest BCUT2D eigenvalue weighted by Crippen LogP contribution is -2.38. The van der Waals surface area contributed by atoms with Gasteiger partial charge in [0.2, 0.25) is 0 Å². The molecule has 0 spiro atoms. The van der Waals surface area contributed by atoms with Gasteiger partial charge in [-0.2, -0.15) is 0 Å². The highest BCUT2D eigenvalue weighted by molar-refractivity contribution is 5.75. The Bertz CT molecular complexity index is 934. The number of aliphatic carboxylic acids is 1. The Hall–Kier alpha value is -3.34. The molecule has 1 aromatic carbocycles. The van der Waals surface area contributed by atoms with Gasteiger partial charge in [0.05, 0.1) is 19.3 Å². The molecule has 0 aliphatic carbocycles. The third-order valence-corrected chi connectivity index (χ3v) is 6.07. The van der Waals surface area contributed by atoms with Crippen molar-refractivity contribution in [3.63, 3.8) is 0 Å². The average molecular weight is 540 g/mol. The highest BCUT2D eigenvalue weighted by Gasteiger charge is 2.30. The van der Waals surface area contributed by atoms with E-state index in [0.29, 0.717) is 5.56 Å². The Labute approximate surface area is 223 Å². The fourth-order valence-electron chi connectivity index (χ4n) is 3.19. The number of carbonyl (C=O) groups is 4. The molecular weight excluding hydrogens is 498 g/mol. The Morgan fingerprint density at radius 2 is 1.39 bits per heavy atom. The zero-order chi connectivity index (χ0) is 28.8. The first kappa shape index (κ1) is 32.7. The van der Waals surface area contributed by atoms with E-state index in [0.717, 1.165) is 12.8 Å². The van der Waals surface area contributed by atoms with Crippen LogP contribution in [0.4, 0.5) is 9.59 Å². The fraction of sp³-hybridized carbons (Fsp3) is 0.630. The van der Waals surface area contributed by atoms with Gasteiger partial charge < -0.3 is 34.5 Å². The number of carbonyl (C=O) groups excluding carboxylic acids is 3. The van der Waals surface area contributed by atoms with Crippen LogP contribution in [0.25, 0.3) is 0 Å². The lowest BCUT2D eigenvalue weighted by atomic mass is 9.87. The van der Waals surface area contributed by atoms with E-state index < -0.39 is 42.3 Å². The molecule has 0 amide bonds. The Morgan fingerprint density at radius 3 is 1.87 bits per heavy atom. The van der Waals surface area contributed by atoms with Crippen molar-refractivity contribution in [2.75, 3.05) is 13.2 Å². The molecule has 1 rings (SSSR count). The molecule has 11 nitrogen and oxygen atoms in total. The smallest absolute Gasteiger partial charge is 0.480 e. The summed E-state index contributed by atoms with van der Waals surface area (Å²) in [5.74, 6) is -2.63. The number of hydrogen-bond acceptors (Lipinski definition) is 10. The molecule has 38 heavy (non-hydrogen) atoms. The molecule has 0 bridgehead atoms. The third kappa shape index (κ3) is 11.4.